The van der Waals surface area contributed by atoms with Gasteiger partial charge >= 0.3 is 5.51 Å². The SMILES string of the molecule is FC(F)(F)Sc1ccc(CN2CCC([C@@H]3CC(Br)=NO3)CC2)cc1. The normalized spacial score (nSPS) is 23.2. The molecule has 0 spiro atoms. The van der Waals surface area contributed by atoms with Crippen LogP contribution in [0.2, 0.25) is 0 Å². The van der Waals surface area contributed by atoms with Crippen LogP contribution in [0.3, 0.4) is 0 Å². The number of rotatable bonds is 4. The first kappa shape index (κ1) is 18.1. The standard InChI is InChI=1S/C16H18BrF3N2OS/c17-15-9-14(23-21-15)12-5-7-22(8-6-12)10-11-1-3-13(4-2-11)24-16(18,19)20/h1-4,12,14H,5-10H2/t14-/m0/s1. The Hall–Kier alpha value is -0.730. The Labute approximate surface area is 151 Å². The molecule has 8 heteroatoms. The first-order valence-electron chi connectivity index (χ1n) is 7.84. The van der Waals surface area contributed by atoms with Crippen LogP contribution >= 0.6 is 27.7 Å². The molecule has 0 N–H and O–H groups in total. The van der Waals surface area contributed by atoms with Crippen LogP contribution in [0, 0.1) is 5.92 Å². The van der Waals surface area contributed by atoms with Crippen molar-refractivity contribution in [3.05, 3.63) is 29.8 Å². The molecule has 1 aromatic rings. The van der Waals surface area contributed by atoms with Gasteiger partial charge in [-0.05, 0) is 71.3 Å². The second-order valence-corrected chi connectivity index (χ2v) is 8.17. The summed E-state index contributed by atoms with van der Waals surface area (Å²) in [6.07, 6.45) is 3.15. The zero-order valence-corrected chi connectivity index (χ0v) is 15.3. The summed E-state index contributed by atoms with van der Waals surface area (Å²) in [4.78, 5) is 8.01. The van der Waals surface area contributed by atoms with Crippen LogP contribution < -0.4 is 0 Å². The average molecular weight is 423 g/mol. The van der Waals surface area contributed by atoms with E-state index in [4.69, 9.17) is 4.84 Å². The minimum absolute atomic E-state index is 0.0721. The van der Waals surface area contributed by atoms with E-state index in [0.29, 0.717) is 5.92 Å². The number of hydrogen-bond donors (Lipinski definition) is 0. The summed E-state index contributed by atoms with van der Waals surface area (Å²) in [6.45, 7) is 2.72. The number of alkyl halides is 3. The Morgan fingerprint density at radius 1 is 1.21 bits per heavy atom. The molecule has 0 radical (unpaired) electrons. The highest BCUT2D eigenvalue weighted by Gasteiger charge is 2.32. The van der Waals surface area contributed by atoms with Gasteiger partial charge in [0.2, 0.25) is 0 Å². The zero-order valence-electron chi connectivity index (χ0n) is 12.9. The van der Waals surface area contributed by atoms with E-state index in [1.807, 2.05) is 0 Å². The maximum atomic E-state index is 12.3. The molecule has 0 amide bonds. The predicted octanol–water partition coefficient (Wildman–Crippen LogP) is 5.01. The summed E-state index contributed by atoms with van der Waals surface area (Å²) in [5, 5.41) is 3.95. The van der Waals surface area contributed by atoms with E-state index in [9.17, 15) is 13.2 Å². The predicted molar refractivity (Wildman–Crippen MR) is 92.2 cm³/mol. The van der Waals surface area contributed by atoms with Gasteiger partial charge in [0, 0.05) is 23.8 Å². The third kappa shape index (κ3) is 5.13. The van der Waals surface area contributed by atoms with E-state index in [-0.39, 0.29) is 22.8 Å². The molecule has 1 aromatic carbocycles. The summed E-state index contributed by atoms with van der Waals surface area (Å²) in [6, 6.07) is 6.65. The quantitative estimate of drug-likeness (QED) is 0.637. The first-order chi connectivity index (χ1) is 11.4. The maximum Gasteiger partial charge on any atom is 0.446 e. The van der Waals surface area contributed by atoms with Crippen LogP contribution in [-0.2, 0) is 11.4 Å². The summed E-state index contributed by atoms with van der Waals surface area (Å²) >= 11 is 3.30. The fourth-order valence-corrected chi connectivity index (χ4v) is 4.10. The topological polar surface area (TPSA) is 24.8 Å². The number of nitrogens with zero attached hydrogens (tertiary/aromatic N) is 2. The minimum atomic E-state index is -4.23. The van der Waals surface area contributed by atoms with Crippen molar-refractivity contribution in [1.82, 2.24) is 4.90 Å². The van der Waals surface area contributed by atoms with Crippen LogP contribution in [0.5, 0.6) is 0 Å². The van der Waals surface area contributed by atoms with E-state index in [0.717, 1.165) is 49.1 Å². The van der Waals surface area contributed by atoms with Crippen molar-refractivity contribution in [3.8, 4) is 0 Å². The lowest BCUT2D eigenvalue weighted by Crippen LogP contribution is -2.37. The molecule has 3 rings (SSSR count). The molecule has 132 valence electrons. The largest absolute Gasteiger partial charge is 0.446 e. The van der Waals surface area contributed by atoms with Gasteiger partial charge in [0.1, 0.15) is 10.7 Å². The molecule has 2 aliphatic heterocycles. The second-order valence-electron chi connectivity index (χ2n) is 6.12. The average Bonchev–Trinajstić information content (AvgIpc) is 2.95. The monoisotopic (exact) mass is 422 g/mol. The lowest BCUT2D eigenvalue weighted by Gasteiger charge is -2.33. The fourth-order valence-electron chi connectivity index (χ4n) is 3.16. The van der Waals surface area contributed by atoms with E-state index in [1.165, 1.54) is 0 Å². The Balaban J connectivity index is 1.46. The smallest absolute Gasteiger partial charge is 0.391 e. The van der Waals surface area contributed by atoms with Gasteiger partial charge in [-0.2, -0.15) is 13.2 Å². The molecular weight excluding hydrogens is 405 g/mol. The maximum absolute atomic E-state index is 12.3. The Morgan fingerprint density at radius 3 is 2.42 bits per heavy atom. The van der Waals surface area contributed by atoms with Crippen LogP contribution in [0.1, 0.15) is 24.8 Å². The number of benzene rings is 1. The van der Waals surface area contributed by atoms with Gasteiger partial charge in [0.25, 0.3) is 0 Å². The third-order valence-electron chi connectivity index (χ3n) is 4.38. The zero-order chi connectivity index (χ0) is 17.2. The van der Waals surface area contributed by atoms with Crippen LogP contribution in [-0.4, -0.2) is 34.2 Å². The van der Waals surface area contributed by atoms with Crippen molar-refractivity contribution >= 4 is 32.3 Å². The molecule has 1 fully saturated rings. The lowest BCUT2D eigenvalue weighted by atomic mass is 9.90. The Morgan fingerprint density at radius 2 is 1.88 bits per heavy atom. The van der Waals surface area contributed by atoms with Crippen molar-refractivity contribution in [1.29, 1.82) is 0 Å². The molecule has 0 aliphatic carbocycles. The van der Waals surface area contributed by atoms with Crippen LogP contribution in [0.25, 0.3) is 0 Å². The summed E-state index contributed by atoms with van der Waals surface area (Å²) in [7, 11) is 0. The van der Waals surface area contributed by atoms with Gasteiger partial charge in [-0.3, -0.25) is 4.90 Å². The summed E-state index contributed by atoms with van der Waals surface area (Å²) in [5.41, 5.74) is -3.19. The van der Waals surface area contributed by atoms with E-state index in [1.54, 1.807) is 24.3 Å². The van der Waals surface area contributed by atoms with Crippen molar-refractivity contribution < 1.29 is 18.0 Å². The van der Waals surface area contributed by atoms with Crippen molar-refractivity contribution in [2.24, 2.45) is 11.1 Å². The van der Waals surface area contributed by atoms with E-state index < -0.39 is 5.51 Å². The number of halogens is 4. The van der Waals surface area contributed by atoms with Gasteiger partial charge in [-0.25, -0.2) is 0 Å². The number of likely N-dealkylation sites (tertiary alicyclic amines) is 1. The van der Waals surface area contributed by atoms with Gasteiger partial charge in [-0.1, -0.05) is 17.3 Å². The third-order valence-corrected chi connectivity index (χ3v) is 5.59. The molecule has 0 saturated carbocycles. The molecular formula is C16H18BrF3N2OS. The first-order valence-corrected chi connectivity index (χ1v) is 9.45. The number of thioether (sulfide) groups is 1. The van der Waals surface area contributed by atoms with Crippen molar-refractivity contribution in [2.75, 3.05) is 13.1 Å². The highest BCUT2D eigenvalue weighted by molar-refractivity contribution is 9.18. The molecule has 0 aromatic heterocycles. The number of piperidine rings is 1. The van der Waals surface area contributed by atoms with Gasteiger partial charge < -0.3 is 4.84 Å². The lowest BCUT2D eigenvalue weighted by molar-refractivity contribution is -0.0328. The molecule has 0 bridgehead atoms. The summed E-state index contributed by atoms with van der Waals surface area (Å²) in [5.74, 6) is 0.519. The second kappa shape index (κ2) is 7.66. The van der Waals surface area contributed by atoms with E-state index >= 15 is 0 Å². The van der Waals surface area contributed by atoms with Crippen molar-refractivity contribution in [3.63, 3.8) is 0 Å². The highest BCUT2D eigenvalue weighted by Crippen LogP contribution is 2.37. The molecule has 2 heterocycles. The van der Waals surface area contributed by atoms with Crippen molar-refractivity contribution in [2.45, 2.75) is 42.3 Å². The Bertz CT molecular complexity index is 586. The van der Waals surface area contributed by atoms with Crippen LogP contribution in [0.15, 0.2) is 34.3 Å². The molecule has 0 unspecified atom stereocenters. The molecule has 24 heavy (non-hydrogen) atoms. The summed E-state index contributed by atoms with van der Waals surface area (Å²) < 4.78 is 37.9. The number of oxime groups is 1. The van der Waals surface area contributed by atoms with Crippen LogP contribution in [0.4, 0.5) is 13.2 Å². The van der Waals surface area contributed by atoms with Gasteiger partial charge in [0.15, 0.2) is 0 Å². The molecule has 1 saturated heterocycles. The number of hydrogen-bond acceptors (Lipinski definition) is 4. The van der Waals surface area contributed by atoms with E-state index in [2.05, 4.69) is 26.0 Å². The minimum Gasteiger partial charge on any atom is -0.391 e. The van der Waals surface area contributed by atoms with Gasteiger partial charge in [-0.15, -0.1) is 0 Å². The Kier molecular flexibility index (Phi) is 5.77. The van der Waals surface area contributed by atoms with Gasteiger partial charge in [0.05, 0.1) is 0 Å². The fraction of sp³-hybridized carbons (Fsp3) is 0.562. The molecule has 3 nitrogen and oxygen atoms in total. The highest BCUT2D eigenvalue weighted by atomic mass is 79.9. The molecule has 2 aliphatic rings. The molecule has 1 atom stereocenters.